The first-order valence-corrected chi connectivity index (χ1v) is 16.0. The molecule has 4 aromatic heterocycles. The molecule has 254 valence electrons. The SMILES string of the molecule is COc1cccc(Cl)c1-c1c(C)nn2c(C(C)C)cc(C(=O)O)nc12.Cc1nn2c(C(C)C)cc(C(=O)O)nc2c1-c1c(F)cccc1Cl. The quantitative estimate of drug-likeness (QED) is 0.167. The molecule has 6 rings (SSSR count). The lowest BCUT2D eigenvalue weighted by atomic mass is 10.0. The monoisotopic (exact) mass is 706 g/mol. The Morgan fingerprint density at radius 2 is 1.16 bits per heavy atom. The molecule has 2 N–H and O–H groups in total. The Morgan fingerprint density at radius 1 is 0.735 bits per heavy atom. The Kier molecular flexibility index (Phi) is 9.93. The molecule has 0 aliphatic rings. The summed E-state index contributed by atoms with van der Waals surface area (Å²) < 4.78 is 23.1. The number of halogens is 3. The van der Waals surface area contributed by atoms with Crippen LogP contribution < -0.4 is 4.74 Å². The maximum absolute atomic E-state index is 14.4. The zero-order valence-electron chi connectivity index (χ0n) is 27.7. The van der Waals surface area contributed by atoms with Gasteiger partial charge in [0, 0.05) is 22.5 Å². The number of aryl methyl sites for hydroxylation is 2. The first-order valence-electron chi connectivity index (χ1n) is 15.2. The predicted molar refractivity (Wildman–Crippen MR) is 185 cm³/mol. The van der Waals surface area contributed by atoms with Crippen LogP contribution in [0.25, 0.3) is 33.5 Å². The molecule has 6 aromatic rings. The van der Waals surface area contributed by atoms with Crippen LogP contribution in [0.4, 0.5) is 4.39 Å². The van der Waals surface area contributed by atoms with Gasteiger partial charge in [0.25, 0.3) is 0 Å². The Labute approximate surface area is 290 Å². The van der Waals surface area contributed by atoms with E-state index >= 15 is 0 Å². The molecule has 49 heavy (non-hydrogen) atoms. The van der Waals surface area contributed by atoms with Gasteiger partial charge >= 0.3 is 11.9 Å². The molecule has 0 unspecified atom stereocenters. The number of methoxy groups -OCH3 is 1. The van der Waals surface area contributed by atoms with Gasteiger partial charge in [0.05, 0.1) is 39.7 Å². The Morgan fingerprint density at radius 3 is 1.57 bits per heavy atom. The molecule has 0 fully saturated rings. The van der Waals surface area contributed by atoms with Crippen molar-refractivity contribution >= 4 is 46.4 Å². The van der Waals surface area contributed by atoms with Crippen LogP contribution in [0.5, 0.6) is 5.75 Å². The van der Waals surface area contributed by atoms with Crippen molar-refractivity contribution in [2.24, 2.45) is 0 Å². The molecule has 0 saturated heterocycles. The molecule has 11 nitrogen and oxygen atoms in total. The summed E-state index contributed by atoms with van der Waals surface area (Å²) in [4.78, 5) is 31.4. The number of fused-ring (bicyclic) bond motifs is 2. The fraction of sp³-hybridized carbons (Fsp3) is 0.257. The van der Waals surface area contributed by atoms with E-state index in [1.54, 1.807) is 53.4 Å². The van der Waals surface area contributed by atoms with Crippen molar-refractivity contribution in [3.8, 4) is 28.0 Å². The summed E-state index contributed by atoms with van der Waals surface area (Å²) in [7, 11) is 1.56. The number of benzene rings is 2. The molecule has 0 saturated carbocycles. The highest BCUT2D eigenvalue weighted by molar-refractivity contribution is 6.34. The van der Waals surface area contributed by atoms with Crippen LogP contribution in [0.3, 0.4) is 0 Å². The molecule has 0 spiro atoms. The standard InChI is InChI=1S/C18H18ClN3O3.C17H15ClFN3O2/c1-9(2)13-8-12(18(23)24)20-17-15(10(3)21-22(13)17)16-11(19)6-5-7-14(16)25-4;1-8(2)13-7-12(17(23)24)20-16-14(9(3)21-22(13)16)15-10(18)5-4-6-11(15)19/h5-9H,1-4H3,(H,23,24);4-8H,1-3H3,(H,23,24). The minimum atomic E-state index is -1.15. The lowest BCUT2D eigenvalue weighted by molar-refractivity contribution is 0.0680. The smallest absolute Gasteiger partial charge is 0.354 e. The van der Waals surface area contributed by atoms with Gasteiger partial charge in [0.1, 0.15) is 11.6 Å². The second-order valence-electron chi connectivity index (χ2n) is 11.9. The predicted octanol–water partition coefficient (Wildman–Crippen LogP) is 8.51. The lowest BCUT2D eigenvalue weighted by Crippen LogP contribution is -2.09. The normalized spacial score (nSPS) is 11.3. The van der Waals surface area contributed by atoms with Crippen molar-refractivity contribution in [3.05, 3.63) is 98.6 Å². The summed E-state index contributed by atoms with van der Waals surface area (Å²) in [5, 5.41) is 28.5. The average molecular weight is 708 g/mol. The van der Waals surface area contributed by atoms with E-state index in [1.807, 2.05) is 34.6 Å². The third kappa shape index (κ3) is 6.53. The summed E-state index contributed by atoms with van der Waals surface area (Å²) >= 11 is 12.6. The van der Waals surface area contributed by atoms with E-state index in [4.69, 9.17) is 27.9 Å². The van der Waals surface area contributed by atoms with Gasteiger partial charge < -0.3 is 14.9 Å². The van der Waals surface area contributed by atoms with Crippen molar-refractivity contribution < 1.29 is 28.9 Å². The third-order valence-electron chi connectivity index (χ3n) is 7.86. The summed E-state index contributed by atoms with van der Waals surface area (Å²) in [6.07, 6.45) is 0. The fourth-order valence-electron chi connectivity index (χ4n) is 5.57. The second-order valence-corrected chi connectivity index (χ2v) is 12.7. The van der Waals surface area contributed by atoms with Crippen LogP contribution in [0.1, 0.15) is 83.3 Å². The number of carboxylic acids is 2. The van der Waals surface area contributed by atoms with Crippen molar-refractivity contribution in [1.29, 1.82) is 0 Å². The van der Waals surface area contributed by atoms with Crippen LogP contribution in [0.15, 0.2) is 48.5 Å². The highest BCUT2D eigenvalue weighted by Gasteiger charge is 2.25. The lowest BCUT2D eigenvalue weighted by Gasteiger charge is -2.12. The van der Waals surface area contributed by atoms with Crippen LogP contribution in [0, 0.1) is 19.7 Å². The molecule has 0 atom stereocenters. The molecule has 0 radical (unpaired) electrons. The van der Waals surface area contributed by atoms with Crippen LogP contribution in [0.2, 0.25) is 10.0 Å². The van der Waals surface area contributed by atoms with Gasteiger partial charge in [-0.3, -0.25) is 0 Å². The molecule has 0 aliphatic carbocycles. The Hall–Kier alpha value is -5.07. The zero-order chi connectivity index (χ0) is 35.9. The maximum atomic E-state index is 14.4. The van der Waals surface area contributed by atoms with E-state index in [2.05, 4.69) is 20.2 Å². The summed E-state index contributed by atoms with van der Waals surface area (Å²) in [5.74, 6) is -2.07. The van der Waals surface area contributed by atoms with E-state index in [1.165, 1.54) is 18.2 Å². The second kappa shape index (κ2) is 13.8. The van der Waals surface area contributed by atoms with Crippen LogP contribution >= 0.6 is 23.2 Å². The van der Waals surface area contributed by atoms with Crippen molar-refractivity contribution in [3.63, 3.8) is 0 Å². The molecule has 0 amide bonds. The van der Waals surface area contributed by atoms with Gasteiger partial charge in [-0.25, -0.2) is 33.0 Å². The van der Waals surface area contributed by atoms with Gasteiger partial charge in [-0.2, -0.15) is 10.2 Å². The van der Waals surface area contributed by atoms with Gasteiger partial charge in [-0.05, 0) is 62.1 Å². The van der Waals surface area contributed by atoms with E-state index in [9.17, 15) is 24.2 Å². The molecular formula is C35H33Cl2FN6O5. The van der Waals surface area contributed by atoms with E-state index < -0.39 is 17.8 Å². The molecule has 14 heteroatoms. The van der Waals surface area contributed by atoms with Gasteiger partial charge in [-0.1, -0.05) is 63.0 Å². The summed E-state index contributed by atoms with van der Waals surface area (Å²) in [6, 6.07) is 12.8. The minimum Gasteiger partial charge on any atom is -0.496 e. The summed E-state index contributed by atoms with van der Waals surface area (Å²) in [5.41, 5.74) is 5.18. The topological polar surface area (TPSA) is 144 Å². The largest absolute Gasteiger partial charge is 0.496 e. The number of carboxylic acid groups (broad SMARTS) is 2. The van der Waals surface area contributed by atoms with Gasteiger partial charge in [0.15, 0.2) is 22.7 Å². The number of hydrogen-bond donors (Lipinski definition) is 2. The number of hydrogen-bond acceptors (Lipinski definition) is 7. The Balaban J connectivity index is 0.000000191. The van der Waals surface area contributed by atoms with Gasteiger partial charge in [-0.15, -0.1) is 0 Å². The highest BCUT2D eigenvalue weighted by atomic mass is 35.5. The van der Waals surface area contributed by atoms with Crippen LogP contribution in [-0.2, 0) is 0 Å². The first kappa shape index (κ1) is 35.2. The third-order valence-corrected chi connectivity index (χ3v) is 8.49. The van der Waals surface area contributed by atoms with E-state index in [-0.39, 0.29) is 39.5 Å². The molecular weight excluding hydrogens is 674 g/mol. The Bertz CT molecular complexity index is 2240. The maximum Gasteiger partial charge on any atom is 0.354 e. The minimum absolute atomic E-state index is 0.0110. The summed E-state index contributed by atoms with van der Waals surface area (Å²) in [6.45, 7) is 11.4. The zero-order valence-corrected chi connectivity index (χ0v) is 29.2. The van der Waals surface area contributed by atoms with E-state index in [0.29, 0.717) is 50.2 Å². The molecule has 4 heterocycles. The molecule has 0 bridgehead atoms. The number of carbonyl (C=O) groups is 2. The highest BCUT2D eigenvalue weighted by Crippen LogP contribution is 2.41. The van der Waals surface area contributed by atoms with Crippen molar-refractivity contribution in [2.75, 3.05) is 7.11 Å². The van der Waals surface area contributed by atoms with E-state index in [0.717, 1.165) is 5.69 Å². The fourth-order valence-corrected chi connectivity index (χ4v) is 6.09. The van der Waals surface area contributed by atoms with Gasteiger partial charge in [0.2, 0.25) is 0 Å². The average Bonchev–Trinajstić information content (AvgIpc) is 3.54. The van der Waals surface area contributed by atoms with Crippen LogP contribution in [-0.4, -0.2) is 58.5 Å². The molecule has 2 aromatic carbocycles. The number of aromatic carboxylic acids is 2. The number of nitrogens with zero attached hydrogens (tertiary/aromatic N) is 6. The number of aromatic nitrogens is 6. The van der Waals surface area contributed by atoms with Crippen molar-refractivity contribution in [2.45, 2.75) is 53.4 Å². The molecule has 0 aliphatic heterocycles. The number of ether oxygens (including phenoxy) is 1. The van der Waals surface area contributed by atoms with Crippen molar-refractivity contribution in [1.82, 2.24) is 29.2 Å². The first-order chi connectivity index (χ1) is 23.2. The number of rotatable bonds is 7.